The third-order valence-corrected chi connectivity index (χ3v) is 6.90. The summed E-state index contributed by atoms with van der Waals surface area (Å²) in [5, 5.41) is 4.03. The van der Waals surface area contributed by atoms with Gasteiger partial charge in [0.2, 0.25) is 0 Å². The maximum atomic E-state index is 12.9. The van der Waals surface area contributed by atoms with Gasteiger partial charge in [-0.1, -0.05) is 54.7 Å². The number of Topliss-reactive ketones (excluding diaryl/α,β-unsaturated/α-hetero) is 1. The summed E-state index contributed by atoms with van der Waals surface area (Å²) in [4.78, 5) is 26.0. The molecule has 2 amide bonds. The molecule has 1 fully saturated rings. The van der Waals surface area contributed by atoms with Gasteiger partial charge in [0.25, 0.3) is 0 Å². The highest BCUT2D eigenvalue weighted by Crippen LogP contribution is 2.43. The predicted octanol–water partition coefficient (Wildman–Crippen LogP) is 6.87. The number of hydrogen-bond acceptors (Lipinski definition) is 2. The highest BCUT2D eigenvalue weighted by molar-refractivity contribution is 7.90. The van der Waals surface area contributed by atoms with Gasteiger partial charge in [-0.05, 0) is 61.3 Å². The van der Waals surface area contributed by atoms with Crippen LogP contribution >= 0.6 is 23.2 Å². The number of nitrogens with zero attached hydrogens (tertiary/aromatic N) is 1. The van der Waals surface area contributed by atoms with E-state index in [0.717, 1.165) is 16.9 Å². The zero-order valence-corrected chi connectivity index (χ0v) is 19.2. The maximum absolute atomic E-state index is 12.9. The number of carbonyl (C=O) groups is 2. The molecule has 4 nitrogen and oxygen atoms in total. The van der Waals surface area contributed by atoms with E-state index < -0.39 is 16.7 Å². The Hall–Kier alpha value is -1.43. The topological polar surface area (TPSA) is 58.5 Å². The first kappa shape index (κ1) is 22.9. The number of rotatable bonds is 3. The Kier molecular flexibility index (Phi) is 7.66. The molecule has 1 unspecified atom stereocenters. The van der Waals surface area contributed by atoms with Gasteiger partial charge in [0.1, 0.15) is 0 Å². The zero-order valence-electron chi connectivity index (χ0n) is 16.9. The summed E-state index contributed by atoms with van der Waals surface area (Å²) in [7, 11) is -0.752. The van der Waals surface area contributed by atoms with Crippen LogP contribution in [0.25, 0.3) is 0 Å². The lowest BCUT2D eigenvalue weighted by Crippen LogP contribution is -2.28. The van der Waals surface area contributed by atoms with Crippen LogP contribution in [-0.2, 0) is 15.5 Å². The van der Waals surface area contributed by atoms with Gasteiger partial charge in [0, 0.05) is 32.6 Å². The molecule has 1 aromatic rings. The predicted molar refractivity (Wildman–Crippen MR) is 120 cm³/mol. The van der Waals surface area contributed by atoms with Crippen molar-refractivity contribution in [3.8, 4) is 0 Å². The van der Waals surface area contributed by atoms with E-state index in [1.165, 1.54) is 0 Å². The molecule has 7 heteroatoms. The number of benzene rings is 1. The minimum absolute atomic E-state index is 0.0722. The van der Waals surface area contributed by atoms with Crippen LogP contribution < -0.4 is 5.32 Å². The minimum Gasteiger partial charge on any atom is -0.306 e. The van der Waals surface area contributed by atoms with E-state index in [-0.39, 0.29) is 11.2 Å². The summed E-state index contributed by atoms with van der Waals surface area (Å²) in [6, 6.07) is 6.36. The molecule has 1 aliphatic rings. The van der Waals surface area contributed by atoms with E-state index in [4.69, 9.17) is 23.2 Å². The smallest absolute Gasteiger partial charge is 0.306 e. The summed E-state index contributed by atoms with van der Waals surface area (Å²) in [6.45, 7) is 8.00. The first-order chi connectivity index (χ1) is 13.0. The normalized spacial score (nSPS) is 21.3. The zero-order chi connectivity index (χ0) is 21.1. The van der Waals surface area contributed by atoms with Crippen molar-refractivity contribution in [2.75, 3.05) is 11.6 Å². The number of allylic oxidation sites excluding steroid dienone is 4. The van der Waals surface area contributed by atoms with Crippen molar-refractivity contribution in [3.63, 3.8) is 0 Å². The van der Waals surface area contributed by atoms with Crippen molar-refractivity contribution in [3.05, 3.63) is 50.4 Å². The summed E-state index contributed by atoms with van der Waals surface area (Å²) in [5.41, 5.74) is 2.04. The Balaban J connectivity index is 2.36. The van der Waals surface area contributed by atoms with Gasteiger partial charge < -0.3 is 5.32 Å². The summed E-state index contributed by atoms with van der Waals surface area (Å²) < 4.78 is 4.23. The SMILES string of the molecule is CC/C(Cl)=C1/CC(C)(C)CC(=O)/C1=C(C)\S(C)=N/C(=O)Nc1ccc(Cl)cc1. The fourth-order valence-corrected chi connectivity index (χ4v) is 4.45. The number of anilines is 1. The second-order valence-electron chi connectivity index (χ2n) is 7.62. The molecule has 0 aromatic heterocycles. The number of halogens is 2. The van der Waals surface area contributed by atoms with Gasteiger partial charge in [-0.25, -0.2) is 4.79 Å². The third-order valence-electron chi connectivity index (χ3n) is 4.62. The van der Waals surface area contributed by atoms with E-state index in [9.17, 15) is 9.59 Å². The average Bonchev–Trinajstić information content (AvgIpc) is 2.61. The van der Waals surface area contributed by atoms with Crippen LogP contribution in [0.2, 0.25) is 5.02 Å². The molecule has 0 aliphatic heterocycles. The van der Waals surface area contributed by atoms with Crippen molar-refractivity contribution in [2.45, 2.75) is 47.0 Å². The number of nitrogens with one attached hydrogen (secondary N) is 1. The number of hydrogen-bond donors (Lipinski definition) is 1. The Bertz CT molecular complexity index is 884. The van der Waals surface area contributed by atoms with Crippen molar-refractivity contribution in [1.29, 1.82) is 0 Å². The molecule has 2 rings (SSSR count). The minimum atomic E-state index is -0.752. The van der Waals surface area contributed by atoms with Crippen LogP contribution in [0.1, 0.15) is 47.0 Å². The molecule has 0 heterocycles. The molecule has 0 bridgehead atoms. The molecule has 1 aliphatic carbocycles. The van der Waals surface area contributed by atoms with Crippen LogP contribution in [0.15, 0.2) is 49.7 Å². The molecule has 1 aromatic carbocycles. The second kappa shape index (κ2) is 9.38. The van der Waals surface area contributed by atoms with Crippen LogP contribution in [0.4, 0.5) is 10.5 Å². The standard InChI is InChI=1S/C21H26Cl2N2O2S/c1-6-17(23)16-11-21(3,4)12-18(26)19(16)13(2)28(5)25-20(27)24-15-9-7-14(22)8-10-15/h7-10H,6,11-12H2,1-5H3,(H,24,27)/b17-16+,19-13-. The lowest BCUT2D eigenvalue weighted by molar-refractivity contribution is -0.118. The molecule has 1 atom stereocenters. The van der Waals surface area contributed by atoms with Crippen molar-refractivity contribution >= 4 is 51.4 Å². The molecule has 1 N–H and O–H groups in total. The molecule has 0 spiro atoms. The lowest BCUT2D eigenvalue weighted by atomic mass is 9.72. The first-order valence-corrected chi connectivity index (χ1v) is 11.4. The number of carbonyl (C=O) groups excluding carboxylic acids is 2. The number of ketones is 1. The highest BCUT2D eigenvalue weighted by atomic mass is 35.5. The Labute approximate surface area is 179 Å². The van der Waals surface area contributed by atoms with Gasteiger partial charge in [0.15, 0.2) is 5.78 Å². The first-order valence-electron chi connectivity index (χ1n) is 9.10. The maximum Gasteiger partial charge on any atom is 0.351 e. The largest absolute Gasteiger partial charge is 0.351 e. The quantitative estimate of drug-likeness (QED) is 0.521. The fraction of sp³-hybridized carbons (Fsp3) is 0.429. The van der Waals surface area contributed by atoms with Crippen LogP contribution in [0.3, 0.4) is 0 Å². The van der Waals surface area contributed by atoms with Crippen LogP contribution in [0, 0.1) is 5.41 Å². The molecule has 1 saturated carbocycles. The molecule has 0 saturated heterocycles. The highest BCUT2D eigenvalue weighted by Gasteiger charge is 2.35. The molecule has 0 radical (unpaired) electrons. The Morgan fingerprint density at radius 3 is 2.43 bits per heavy atom. The van der Waals surface area contributed by atoms with E-state index in [1.807, 2.05) is 20.1 Å². The monoisotopic (exact) mass is 440 g/mol. The van der Waals surface area contributed by atoms with Gasteiger partial charge in [-0.2, -0.15) is 4.36 Å². The number of urea groups is 1. The van der Waals surface area contributed by atoms with Gasteiger partial charge >= 0.3 is 6.03 Å². The lowest BCUT2D eigenvalue weighted by Gasteiger charge is -2.33. The van der Waals surface area contributed by atoms with Crippen molar-refractivity contribution < 1.29 is 9.59 Å². The van der Waals surface area contributed by atoms with E-state index in [1.54, 1.807) is 24.3 Å². The second-order valence-corrected chi connectivity index (χ2v) is 10.3. The fourth-order valence-electron chi connectivity index (χ4n) is 3.19. The van der Waals surface area contributed by atoms with Crippen LogP contribution in [0.5, 0.6) is 0 Å². The van der Waals surface area contributed by atoms with E-state index in [0.29, 0.717) is 34.2 Å². The molecular weight excluding hydrogens is 415 g/mol. The van der Waals surface area contributed by atoms with Crippen LogP contribution in [-0.4, -0.2) is 18.1 Å². The van der Waals surface area contributed by atoms with Crippen molar-refractivity contribution in [2.24, 2.45) is 9.78 Å². The van der Waals surface area contributed by atoms with E-state index >= 15 is 0 Å². The van der Waals surface area contributed by atoms with Gasteiger partial charge in [-0.3, -0.25) is 4.79 Å². The Morgan fingerprint density at radius 2 is 1.86 bits per heavy atom. The average molecular weight is 441 g/mol. The van der Waals surface area contributed by atoms with Gasteiger partial charge in [0.05, 0.1) is 0 Å². The molecular formula is C21H26Cl2N2O2S. The van der Waals surface area contributed by atoms with Gasteiger partial charge in [-0.15, -0.1) is 0 Å². The van der Waals surface area contributed by atoms with Crippen molar-refractivity contribution in [1.82, 2.24) is 0 Å². The molecule has 28 heavy (non-hydrogen) atoms. The third kappa shape index (κ3) is 5.79. The molecule has 152 valence electrons. The van der Waals surface area contributed by atoms with E-state index in [2.05, 4.69) is 23.5 Å². The summed E-state index contributed by atoms with van der Waals surface area (Å²) >= 11 is 12.3. The number of amides is 2. The summed E-state index contributed by atoms with van der Waals surface area (Å²) in [5.74, 6) is 0.0722. The Morgan fingerprint density at radius 1 is 1.25 bits per heavy atom. The summed E-state index contributed by atoms with van der Waals surface area (Å²) in [6.07, 6.45) is 3.72.